The SMILES string of the molecule is Cc1ccc(NC(=O)CN2CCCC(C)(O)CC2)cc1. The van der Waals surface area contributed by atoms with E-state index in [2.05, 4.69) is 10.2 Å². The summed E-state index contributed by atoms with van der Waals surface area (Å²) in [7, 11) is 0. The van der Waals surface area contributed by atoms with Gasteiger partial charge in [0.25, 0.3) is 0 Å². The smallest absolute Gasteiger partial charge is 0.238 e. The van der Waals surface area contributed by atoms with Gasteiger partial charge in [0, 0.05) is 12.2 Å². The molecule has 1 fully saturated rings. The van der Waals surface area contributed by atoms with Crippen LogP contribution in [0, 0.1) is 6.92 Å². The molecule has 1 aliphatic rings. The summed E-state index contributed by atoms with van der Waals surface area (Å²) >= 11 is 0. The topological polar surface area (TPSA) is 52.6 Å². The molecule has 4 heteroatoms. The molecule has 0 aliphatic carbocycles. The zero-order chi connectivity index (χ0) is 14.6. The fourth-order valence-electron chi connectivity index (χ4n) is 2.52. The van der Waals surface area contributed by atoms with Crippen LogP contribution in [0.25, 0.3) is 0 Å². The van der Waals surface area contributed by atoms with Crippen molar-refractivity contribution >= 4 is 11.6 Å². The first-order valence-corrected chi connectivity index (χ1v) is 7.26. The standard InChI is InChI=1S/C16H24N2O2/c1-13-4-6-14(7-5-13)17-15(19)12-18-10-3-8-16(2,20)9-11-18/h4-7,20H,3,8-12H2,1-2H3,(H,17,19). The molecule has 1 aliphatic heterocycles. The van der Waals surface area contributed by atoms with E-state index in [9.17, 15) is 9.90 Å². The fourth-order valence-corrected chi connectivity index (χ4v) is 2.52. The zero-order valence-electron chi connectivity index (χ0n) is 12.4. The van der Waals surface area contributed by atoms with E-state index in [1.165, 1.54) is 5.56 Å². The lowest BCUT2D eigenvalue weighted by molar-refractivity contribution is -0.117. The number of hydrogen-bond acceptors (Lipinski definition) is 3. The van der Waals surface area contributed by atoms with Gasteiger partial charge in [0.2, 0.25) is 5.91 Å². The quantitative estimate of drug-likeness (QED) is 0.889. The highest BCUT2D eigenvalue weighted by Crippen LogP contribution is 2.21. The minimum atomic E-state index is -0.581. The van der Waals surface area contributed by atoms with Gasteiger partial charge in [-0.2, -0.15) is 0 Å². The monoisotopic (exact) mass is 276 g/mol. The summed E-state index contributed by atoms with van der Waals surface area (Å²) in [5.74, 6) is 0.00963. The summed E-state index contributed by atoms with van der Waals surface area (Å²) in [6.07, 6.45) is 2.47. The summed E-state index contributed by atoms with van der Waals surface area (Å²) in [6, 6.07) is 7.80. The second kappa shape index (κ2) is 6.37. The van der Waals surface area contributed by atoms with Gasteiger partial charge in [-0.05, 0) is 51.8 Å². The molecular formula is C16H24N2O2. The van der Waals surface area contributed by atoms with Gasteiger partial charge in [0.1, 0.15) is 0 Å². The average molecular weight is 276 g/mol. The number of anilines is 1. The lowest BCUT2D eigenvalue weighted by Crippen LogP contribution is -2.35. The highest BCUT2D eigenvalue weighted by atomic mass is 16.3. The molecule has 1 atom stereocenters. The second-order valence-corrected chi connectivity index (χ2v) is 6.04. The van der Waals surface area contributed by atoms with E-state index in [1.54, 1.807) is 0 Å². The lowest BCUT2D eigenvalue weighted by Gasteiger charge is -2.22. The molecule has 0 saturated carbocycles. The van der Waals surface area contributed by atoms with Gasteiger partial charge in [-0.3, -0.25) is 9.69 Å². The molecule has 0 radical (unpaired) electrons. The zero-order valence-corrected chi connectivity index (χ0v) is 12.4. The van der Waals surface area contributed by atoms with Crippen LogP contribution in [0.5, 0.6) is 0 Å². The first-order chi connectivity index (χ1) is 9.44. The van der Waals surface area contributed by atoms with Crippen molar-refractivity contribution < 1.29 is 9.90 Å². The number of hydrogen-bond donors (Lipinski definition) is 2. The van der Waals surface area contributed by atoms with Crippen LogP contribution in [0.15, 0.2) is 24.3 Å². The van der Waals surface area contributed by atoms with E-state index >= 15 is 0 Å². The van der Waals surface area contributed by atoms with Gasteiger partial charge in [-0.25, -0.2) is 0 Å². The number of aliphatic hydroxyl groups is 1. The Bertz CT molecular complexity index is 454. The van der Waals surface area contributed by atoms with Crippen molar-refractivity contribution in [2.45, 2.75) is 38.7 Å². The number of nitrogens with zero attached hydrogens (tertiary/aromatic N) is 1. The van der Waals surface area contributed by atoms with E-state index in [1.807, 2.05) is 38.1 Å². The van der Waals surface area contributed by atoms with E-state index in [-0.39, 0.29) is 5.91 Å². The van der Waals surface area contributed by atoms with E-state index < -0.39 is 5.60 Å². The molecule has 4 nitrogen and oxygen atoms in total. The minimum Gasteiger partial charge on any atom is -0.390 e. The molecule has 1 aromatic rings. The largest absolute Gasteiger partial charge is 0.390 e. The number of carbonyl (C=O) groups is 1. The van der Waals surface area contributed by atoms with Crippen molar-refractivity contribution in [3.63, 3.8) is 0 Å². The number of rotatable bonds is 3. The van der Waals surface area contributed by atoms with Crippen LogP contribution in [-0.2, 0) is 4.79 Å². The third-order valence-corrected chi connectivity index (χ3v) is 3.86. The summed E-state index contributed by atoms with van der Waals surface area (Å²) in [5, 5.41) is 13.0. The Labute approximate surface area is 120 Å². The second-order valence-electron chi connectivity index (χ2n) is 6.04. The predicted molar refractivity (Wildman–Crippen MR) is 80.7 cm³/mol. The van der Waals surface area contributed by atoms with Crippen LogP contribution in [0.2, 0.25) is 0 Å². The molecule has 1 aromatic carbocycles. The lowest BCUT2D eigenvalue weighted by atomic mass is 9.98. The van der Waals surface area contributed by atoms with Gasteiger partial charge in [-0.1, -0.05) is 17.7 Å². The highest BCUT2D eigenvalue weighted by Gasteiger charge is 2.25. The number of aryl methyl sites for hydroxylation is 1. The Hall–Kier alpha value is -1.39. The van der Waals surface area contributed by atoms with Crippen molar-refractivity contribution in [2.24, 2.45) is 0 Å². The van der Waals surface area contributed by atoms with Crippen LogP contribution in [0.1, 0.15) is 31.7 Å². The molecule has 1 amide bonds. The van der Waals surface area contributed by atoms with Crippen LogP contribution in [0.4, 0.5) is 5.69 Å². The van der Waals surface area contributed by atoms with E-state index in [0.29, 0.717) is 6.54 Å². The molecule has 1 unspecified atom stereocenters. The van der Waals surface area contributed by atoms with E-state index in [4.69, 9.17) is 0 Å². The number of benzene rings is 1. The maximum atomic E-state index is 12.0. The van der Waals surface area contributed by atoms with Gasteiger partial charge in [0.05, 0.1) is 12.1 Å². The van der Waals surface area contributed by atoms with Crippen LogP contribution >= 0.6 is 0 Å². The number of amides is 1. The number of likely N-dealkylation sites (tertiary alicyclic amines) is 1. The maximum absolute atomic E-state index is 12.0. The Morgan fingerprint density at radius 2 is 2.00 bits per heavy atom. The third-order valence-electron chi connectivity index (χ3n) is 3.86. The fraction of sp³-hybridized carbons (Fsp3) is 0.562. The molecular weight excluding hydrogens is 252 g/mol. The summed E-state index contributed by atoms with van der Waals surface area (Å²) in [4.78, 5) is 14.1. The molecule has 0 bridgehead atoms. The van der Waals surface area contributed by atoms with Gasteiger partial charge in [-0.15, -0.1) is 0 Å². The molecule has 2 N–H and O–H groups in total. The molecule has 1 saturated heterocycles. The third kappa shape index (κ3) is 4.62. The van der Waals surface area contributed by atoms with Gasteiger partial charge in [0.15, 0.2) is 0 Å². The number of carbonyl (C=O) groups excluding carboxylic acids is 1. The Morgan fingerprint density at radius 3 is 2.70 bits per heavy atom. The van der Waals surface area contributed by atoms with Crippen molar-refractivity contribution in [1.82, 2.24) is 4.90 Å². The molecule has 20 heavy (non-hydrogen) atoms. The summed E-state index contributed by atoms with van der Waals surface area (Å²) in [5.41, 5.74) is 1.43. The first kappa shape index (κ1) is 15.0. The molecule has 0 aromatic heterocycles. The predicted octanol–water partition coefficient (Wildman–Crippen LogP) is 2.17. The normalized spacial score (nSPS) is 24.1. The van der Waals surface area contributed by atoms with Crippen molar-refractivity contribution in [2.75, 3.05) is 25.0 Å². The highest BCUT2D eigenvalue weighted by molar-refractivity contribution is 5.92. The molecule has 110 valence electrons. The van der Waals surface area contributed by atoms with E-state index in [0.717, 1.165) is 38.0 Å². The van der Waals surface area contributed by atoms with Crippen molar-refractivity contribution in [3.8, 4) is 0 Å². The Kier molecular flexibility index (Phi) is 4.78. The van der Waals surface area contributed by atoms with Gasteiger partial charge >= 0.3 is 0 Å². The Balaban J connectivity index is 1.83. The maximum Gasteiger partial charge on any atom is 0.238 e. The minimum absolute atomic E-state index is 0.00963. The molecule has 0 spiro atoms. The van der Waals surface area contributed by atoms with Gasteiger partial charge < -0.3 is 10.4 Å². The number of nitrogens with one attached hydrogen (secondary N) is 1. The van der Waals surface area contributed by atoms with Crippen LogP contribution in [-0.4, -0.2) is 41.1 Å². The van der Waals surface area contributed by atoms with Crippen LogP contribution in [0.3, 0.4) is 0 Å². The summed E-state index contributed by atoms with van der Waals surface area (Å²) in [6.45, 7) is 5.94. The van der Waals surface area contributed by atoms with Crippen molar-refractivity contribution in [1.29, 1.82) is 0 Å². The molecule has 1 heterocycles. The Morgan fingerprint density at radius 1 is 1.30 bits per heavy atom. The average Bonchev–Trinajstić information content (AvgIpc) is 2.54. The van der Waals surface area contributed by atoms with Crippen molar-refractivity contribution in [3.05, 3.63) is 29.8 Å². The molecule has 2 rings (SSSR count). The van der Waals surface area contributed by atoms with Crippen LogP contribution < -0.4 is 5.32 Å². The first-order valence-electron chi connectivity index (χ1n) is 7.26. The summed E-state index contributed by atoms with van der Waals surface area (Å²) < 4.78 is 0.